The van der Waals surface area contributed by atoms with Crippen LogP contribution in [0.2, 0.25) is 5.04 Å². The highest BCUT2D eigenvalue weighted by Gasteiger charge is 2.52. The lowest BCUT2D eigenvalue weighted by Crippen LogP contribution is -2.68. The molecular weight excluding hydrogens is 467 g/mol. The van der Waals surface area contributed by atoms with E-state index in [1.807, 2.05) is 12.1 Å². The summed E-state index contributed by atoms with van der Waals surface area (Å²) in [5.74, 6) is -0.147. The van der Waals surface area contributed by atoms with Gasteiger partial charge >= 0.3 is 5.97 Å². The Morgan fingerprint density at radius 3 is 2.00 bits per heavy atom. The predicted molar refractivity (Wildman–Crippen MR) is 120 cm³/mol. The topological polar surface area (TPSA) is 35.5 Å². The Morgan fingerprint density at radius 1 is 1.04 bits per heavy atom. The molecule has 2 atom stereocenters. The molecule has 5 heteroatoms. The maximum atomic E-state index is 12.2. The van der Waals surface area contributed by atoms with Gasteiger partial charge in [-0.3, -0.25) is 4.79 Å². The number of benzene rings is 2. The van der Waals surface area contributed by atoms with E-state index in [4.69, 9.17) is 9.16 Å². The zero-order valence-electron chi connectivity index (χ0n) is 16.2. The van der Waals surface area contributed by atoms with Crippen molar-refractivity contribution in [2.45, 2.75) is 50.9 Å². The lowest BCUT2D eigenvalue weighted by molar-refractivity contribution is -0.157. The van der Waals surface area contributed by atoms with E-state index >= 15 is 0 Å². The van der Waals surface area contributed by atoms with Gasteiger partial charge in [-0.2, -0.15) is 0 Å². The number of hydrogen-bond acceptors (Lipinski definition) is 3. The van der Waals surface area contributed by atoms with Gasteiger partial charge in [0.25, 0.3) is 8.32 Å². The Labute approximate surface area is 176 Å². The number of cyclic esters (lactones) is 1. The molecule has 0 spiro atoms. The zero-order chi connectivity index (χ0) is 19.5. The van der Waals surface area contributed by atoms with Crippen molar-refractivity contribution in [3.63, 3.8) is 0 Å². The summed E-state index contributed by atoms with van der Waals surface area (Å²) in [7, 11) is -2.62. The molecule has 2 unspecified atom stereocenters. The van der Waals surface area contributed by atoms with Crippen LogP contribution in [0.4, 0.5) is 0 Å². The fourth-order valence-corrected chi connectivity index (χ4v) is 9.20. The quantitative estimate of drug-likeness (QED) is 0.272. The van der Waals surface area contributed by atoms with Crippen molar-refractivity contribution < 1.29 is 14.0 Å². The van der Waals surface area contributed by atoms with Crippen LogP contribution in [0, 0.1) is 0 Å². The van der Waals surface area contributed by atoms with Crippen molar-refractivity contribution in [1.82, 2.24) is 0 Å². The van der Waals surface area contributed by atoms with Gasteiger partial charge in [0.05, 0.1) is 12.5 Å². The van der Waals surface area contributed by atoms with Gasteiger partial charge in [0.15, 0.2) is 0 Å². The number of rotatable bonds is 5. The van der Waals surface area contributed by atoms with Crippen LogP contribution in [-0.2, 0) is 14.0 Å². The molecule has 3 rings (SSSR count). The molecule has 0 radical (unpaired) electrons. The maximum Gasteiger partial charge on any atom is 0.308 e. The van der Waals surface area contributed by atoms with Crippen molar-refractivity contribution in [3.8, 4) is 0 Å². The van der Waals surface area contributed by atoms with E-state index in [2.05, 4.69) is 91.9 Å². The second-order valence-corrected chi connectivity index (χ2v) is 13.2. The molecule has 0 aromatic heterocycles. The Bertz CT molecular complexity index is 719. The molecule has 1 heterocycles. The highest BCUT2D eigenvalue weighted by molar-refractivity contribution is 14.1. The Morgan fingerprint density at radius 2 is 1.56 bits per heavy atom. The summed E-state index contributed by atoms with van der Waals surface area (Å²) in [6.45, 7) is 6.78. The molecule has 2 aromatic rings. The van der Waals surface area contributed by atoms with Gasteiger partial charge in [-0.25, -0.2) is 0 Å². The molecule has 3 nitrogen and oxygen atoms in total. The molecule has 1 aliphatic heterocycles. The van der Waals surface area contributed by atoms with Gasteiger partial charge in [0, 0.05) is 10.8 Å². The summed E-state index contributed by atoms with van der Waals surface area (Å²) in [4.78, 5) is 12.2. The minimum absolute atomic E-state index is 0.0601. The van der Waals surface area contributed by atoms with Gasteiger partial charge in [0.1, 0.15) is 6.10 Å². The molecule has 0 amide bonds. The smallest absolute Gasteiger partial charge is 0.308 e. The molecule has 1 aliphatic rings. The summed E-state index contributed by atoms with van der Waals surface area (Å²) in [5, 5.41) is 2.40. The number of ether oxygens (including phenoxy) is 1. The first-order valence-electron chi connectivity index (χ1n) is 9.41. The Kier molecular flexibility index (Phi) is 6.43. The van der Waals surface area contributed by atoms with E-state index < -0.39 is 8.32 Å². The lowest BCUT2D eigenvalue weighted by atomic mass is 10.1. The first kappa shape index (κ1) is 20.5. The van der Waals surface area contributed by atoms with E-state index in [1.165, 1.54) is 10.4 Å². The second-order valence-electron chi connectivity index (χ2n) is 8.11. The first-order chi connectivity index (χ1) is 12.9. The molecule has 27 heavy (non-hydrogen) atoms. The van der Waals surface area contributed by atoms with E-state index in [0.29, 0.717) is 6.42 Å². The van der Waals surface area contributed by atoms with Crippen molar-refractivity contribution in [2.75, 3.05) is 4.43 Å². The molecule has 2 aromatic carbocycles. The average Bonchev–Trinajstić information content (AvgIpc) is 2.66. The lowest BCUT2D eigenvalue weighted by Gasteiger charge is -2.46. The number of halogens is 1. The van der Waals surface area contributed by atoms with E-state index in [-0.39, 0.29) is 23.2 Å². The third-order valence-electron chi connectivity index (χ3n) is 5.15. The Hall–Kier alpha value is -1.18. The zero-order valence-corrected chi connectivity index (χ0v) is 19.3. The minimum atomic E-state index is -2.62. The number of carbonyl (C=O) groups is 1. The van der Waals surface area contributed by atoms with Crippen LogP contribution >= 0.6 is 22.6 Å². The van der Waals surface area contributed by atoms with E-state index in [9.17, 15) is 4.79 Å². The minimum Gasteiger partial charge on any atom is -0.461 e. The van der Waals surface area contributed by atoms with Crippen LogP contribution < -0.4 is 10.4 Å². The van der Waals surface area contributed by atoms with Crippen LogP contribution in [0.5, 0.6) is 0 Å². The van der Waals surface area contributed by atoms with Crippen molar-refractivity contribution in [2.24, 2.45) is 0 Å². The SMILES string of the molecule is CC(C)(C)[Si](OC1CC(=O)OC(CI)C1)(c1ccccc1)c1ccccc1. The third kappa shape index (κ3) is 4.30. The van der Waals surface area contributed by atoms with Crippen LogP contribution in [0.3, 0.4) is 0 Å². The van der Waals surface area contributed by atoms with Crippen molar-refractivity contribution in [3.05, 3.63) is 60.7 Å². The normalized spacial score (nSPS) is 21.0. The monoisotopic (exact) mass is 494 g/mol. The highest BCUT2D eigenvalue weighted by atomic mass is 127. The number of carbonyl (C=O) groups excluding carboxylic acids is 1. The standard InChI is InChI=1S/C22H27IO3Si/c1-22(2,3)27(19-10-6-4-7-11-19,20-12-8-5-9-13-20)26-17-14-18(16-23)25-21(24)15-17/h4-13,17-18H,14-16H2,1-3H3. The van der Waals surface area contributed by atoms with Crippen molar-refractivity contribution in [1.29, 1.82) is 0 Å². The number of hydrogen-bond donors (Lipinski definition) is 0. The fraction of sp³-hybridized carbons (Fsp3) is 0.409. The molecule has 144 valence electrons. The third-order valence-corrected chi connectivity index (χ3v) is 11.2. The predicted octanol–water partition coefficient (Wildman–Crippen LogP) is 4.07. The first-order valence-corrected chi connectivity index (χ1v) is 12.8. The molecule has 0 N–H and O–H groups in total. The summed E-state index contributed by atoms with van der Waals surface area (Å²) >= 11 is 2.28. The average molecular weight is 494 g/mol. The van der Waals surface area contributed by atoms with E-state index in [0.717, 1.165) is 10.8 Å². The Balaban J connectivity index is 2.11. The van der Waals surface area contributed by atoms with Crippen LogP contribution in [0.25, 0.3) is 0 Å². The number of esters is 1. The second kappa shape index (κ2) is 8.45. The number of alkyl halides is 1. The van der Waals surface area contributed by atoms with Gasteiger partial charge in [-0.1, -0.05) is 104 Å². The van der Waals surface area contributed by atoms with Gasteiger partial charge in [-0.05, 0) is 15.4 Å². The molecular formula is C22H27IO3Si. The summed E-state index contributed by atoms with van der Waals surface area (Å²) in [6, 6.07) is 21.1. The van der Waals surface area contributed by atoms with Crippen LogP contribution in [-0.4, -0.2) is 30.9 Å². The maximum absolute atomic E-state index is 12.2. The van der Waals surface area contributed by atoms with Crippen molar-refractivity contribution >= 4 is 47.3 Å². The van der Waals surface area contributed by atoms with Crippen LogP contribution in [0.1, 0.15) is 33.6 Å². The summed E-state index contributed by atoms with van der Waals surface area (Å²) in [6.07, 6.45) is 0.920. The van der Waals surface area contributed by atoms with E-state index in [1.54, 1.807) is 0 Å². The summed E-state index contributed by atoms with van der Waals surface area (Å²) < 4.78 is 13.3. The molecule has 0 bridgehead atoms. The van der Waals surface area contributed by atoms with Gasteiger partial charge in [0.2, 0.25) is 0 Å². The summed E-state index contributed by atoms with van der Waals surface area (Å²) in [5.41, 5.74) is 0. The molecule has 0 saturated carbocycles. The fourth-order valence-electron chi connectivity index (χ4n) is 3.97. The molecule has 0 aliphatic carbocycles. The van der Waals surface area contributed by atoms with Gasteiger partial charge in [-0.15, -0.1) is 0 Å². The molecule has 1 saturated heterocycles. The van der Waals surface area contributed by atoms with Crippen LogP contribution in [0.15, 0.2) is 60.7 Å². The largest absolute Gasteiger partial charge is 0.461 e. The van der Waals surface area contributed by atoms with Gasteiger partial charge < -0.3 is 9.16 Å². The molecule has 1 fully saturated rings. The highest BCUT2D eigenvalue weighted by Crippen LogP contribution is 2.39.